The van der Waals surface area contributed by atoms with Crippen LogP contribution in [0.3, 0.4) is 0 Å². The minimum atomic E-state index is -0.248. The van der Waals surface area contributed by atoms with Gasteiger partial charge in [-0.2, -0.15) is 0 Å². The van der Waals surface area contributed by atoms with Crippen LogP contribution in [-0.4, -0.2) is 0 Å². The Morgan fingerprint density at radius 2 is 1.67 bits per heavy atom. The molecule has 0 amide bonds. The molecule has 2 aromatic rings. The standard InChI is InChI=1S/C13H9Br2Cl2N/c14-8-2-3-9(10(15)6-8)13(18)7-1-4-11(16)12(17)5-7/h1-6,13H,18H2. The number of hydrogen-bond acceptors (Lipinski definition) is 1. The maximum atomic E-state index is 6.24. The Bertz CT molecular complexity index is 587. The monoisotopic (exact) mass is 407 g/mol. The van der Waals surface area contributed by atoms with Gasteiger partial charge in [0.15, 0.2) is 0 Å². The second-order valence-electron chi connectivity index (χ2n) is 3.82. The van der Waals surface area contributed by atoms with Gasteiger partial charge in [0.25, 0.3) is 0 Å². The van der Waals surface area contributed by atoms with Crippen LogP contribution in [0.1, 0.15) is 17.2 Å². The molecule has 1 atom stereocenters. The summed E-state index contributed by atoms with van der Waals surface area (Å²) in [6.45, 7) is 0. The Kier molecular flexibility index (Phi) is 4.73. The first-order chi connectivity index (χ1) is 8.49. The second kappa shape index (κ2) is 5.93. The summed E-state index contributed by atoms with van der Waals surface area (Å²) in [5.74, 6) is 0. The molecular weight excluding hydrogens is 401 g/mol. The fraction of sp³-hybridized carbons (Fsp3) is 0.0769. The molecule has 94 valence electrons. The highest BCUT2D eigenvalue weighted by Crippen LogP contribution is 2.32. The molecule has 2 N–H and O–H groups in total. The Labute approximate surface area is 133 Å². The lowest BCUT2D eigenvalue weighted by Crippen LogP contribution is -2.12. The van der Waals surface area contributed by atoms with E-state index in [1.807, 2.05) is 24.3 Å². The molecule has 2 aromatic carbocycles. The molecule has 0 saturated heterocycles. The number of hydrogen-bond donors (Lipinski definition) is 1. The number of benzene rings is 2. The van der Waals surface area contributed by atoms with Crippen molar-refractivity contribution < 1.29 is 0 Å². The van der Waals surface area contributed by atoms with Crippen molar-refractivity contribution in [1.29, 1.82) is 0 Å². The summed E-state index contributed by atoms with van der Waals surface area (Å²) in [6, 6.07) is 11.1. The molecule has 0 bridgehead atoms. The maximum Gasteiger partial charge on any atom is 0.0595 e. The van der Waals surface area contributed by atoms with Crippen LogP contribution in [0.5, 0.6) is 0 Å². The van der Waals surface area contributed by atoms with Crippen LogP contribution >= 0.6 is 55.1 Å². The molecule has 0 aliphatic carbocycles. The van der Waals surface area contributed by atoms with E-state index >= 15 is 0 Å². The highest BCUT2D eigenvalue weighted by atomic mass is 79.9. The van der Waals surface area contributed by atoms with Gasteiger partial charge in [0, 0.05) is 8.95 Å². The first kappa shape index (κ1) is 14.4. The van der Waals surface area contributed by atoms with Crippen molar-refractivity contribution in [3.8, 4) is 0 Å². The Morgan fingerprint density at radius 1 is 0.944 bits per heavy atom. The van der Waals surface area contributed by atoms with Crippen LogP contribution in [0.2, 0.25) is 10.0 Å². The van der Waals surface area contributed by atoms with Crippen molar-refractivity contribution in [2.24, 2.45) is 5.73 Å². The van der Waals surface area contributed by atoms with Crippen molar-refractivity contribution in [3.63, 3.8) is 0 Å². The number of nitrogens with two attached hydrogens (primary N) is 1. The van der Waals surface area contributed by atoms with Gasteiger partial charge in [-0.15, -0.1) is 0 Å². The van der Waals surface area contributed by atoms with Crippen LogP contribution in [0.15, 0.2) is 45.3 Å². The Balaban J connectivity index is 2.41. The zero-order valence-electron chi connectivity index (χ0n) is 9.13. The molecule has 5 heteroatoms. The molecule has 0 heterocycles. The average molecular weight is 410 g/mol. The van der Waals surface area contributed by atoms with Crippen molar-refractivity contribution in [3.05, 3.63) is 66.5 Å². The molecule has 0 saturated carbocycles. The third kappa shape index (κ3) is 3.09. The van der Waals surface area contributed by atoms with Gasteiger partial charge in [-0.3, -0.25) is 0 Å². The van der Waals surface area contributed by atoms with Gasteiger partial charge in [0.1, 0.15) is 0 Å². The van der Waals surface area contributed by atoms with Crippen molar-refractivity contribution >= 4 is 55.1 Å². The van der Waals surface area contributed by atoms with Gasteiger partial charge in [-0.25, -0.2) is 0 Å². The first-order valence-electron chi connectivity index (χ1n) is 5.14. The normalized spacial score (nSPS) is 12.5. The SMILES string of the molecule is NC(c1ccc(Cl)c(Cl)c1)c1ccc(Br)cc1Br. The minimum absolute atomic E-state index is 0.248. The highest BCUT2D eigenvalue weighted by Gasteiger charge is 2.13. The summed E-state index contributed by atoms with van der Waals surface area (Å²) in [7, 11) is 0. The summed E-state index contributed by atoms with van der Waals surface area (Å²) in [5, 5.41) is 1.04. The maximum absolute atomic E-state index is 6.24. The third-order valence-corrected chi connectivity index (χ3v) is 4.52. The molecule has 1 unspecified atom stereocenters. The predicted octanol–water partition coefficient (Wildman–Crippen LogP) is 5.57. The van der Waals surface area contributed by atoms with E-state index in [9.17, 15) is 0 Å². The van der Waals surface area contributed by atoms with Crippen molar-refractivity contribution in [2.75, 3.05) is 0 Å². The molecule has 0 spiro atoms. The van der Waals surface area contributed by atoms with Crippen LogP contribution in [0, 0.1) is 0 Å². The Morgan fingerprint density at radius 3 is 2.28 bits per heavy atom. The molecule has 0 aliphatic rings. The van der Waals surface area contributed by atoms with Crippen LogP contribution < -0.4 is 5.73 Å². The molecule has 0 aromatic heterocycles. The summed E-state index contributed by atoms with van der Waals surface area (Å²) in [5.41, 5.74) is 8.16. The van der Waals surface area contributed by atoms with Crippen LogP contribution in [0.4, 0.5) is 0 Å². The fourth-order valence-electron chi connectivity index (χ4n) is 1.64. The van der Waals surface area contributed by atoms with E-state index in [1.165, 1.54) is 0 Å². The molecule has 0 aliphatic heterocycles. The summed E-state index contributed by atoms with van der Waals surface area (Å²) < 4.78 is 1.95. The lowest BCUT2D eigenvalue weighted by atomic mass is 10.00. The zero-order chi connectivity index (χ0) is 13.3. The van der Waals surface area contributed by atoms with E-state index in [4.69, 9.17) is 28.9 Å². The first-order valence-corrected chi connectivity index (χ1v) is 7.48. The van der Waals surface area contributed by atoms with E-state index in [2.05, 4.69) is 31.9 Å². The van der Waals surface area contributed by atoms with Gasteiger partial charge >= 0.3 is 0 Å². The largest absolute Gasteiger partial charge is 0.320 e. The van der Waals surface area contributed by atoms with Crippen molar-refractivity contribution in [2.45, 2.75) is 6.04 Å². The molecule has 2 rings (SSSR count). The van der Waals surface area contributed by atoms with Gasteiger partial charge in [-0.1, -0.05) is 67.2 Å². The molecule has 1 nitrogen and oxygen atoms in total. The van der Waals surface area contributed by atoms with Gasteiger partial charge in [0.05, 0.1) is 16.1 Å². The summed E-state index contributed by atoms with van der Waals surface area (Å²) in [4.78, 5) is 0. The summed E-state index contributed by atoms with van der Waals surface area (Å²) in [6.07, 6.45) is 0. The van der Waals surface area contributed by atoms with E-state index < -0.39 is 0 Å². The number of halogens is 4. The predicted molar refractivity (Wildman–Crippen MR) is 84.3 cm³/mol. The highest BCUT2D eigenvalue weighted by molar-refractivity contribution is 9.11. The minimum Gasteiger partial charge on any atom is -0.320 e. The smallest absolute Gasteiger partial charge is 0.0595 e. The number of rotatable bonds is 2. The van der Waals surface area contributed by atoms with Gasteiger partial charge in [0.2, 0.25) is 0 Å². The Hall–Kier alpha value is -0.0600. The third-order valence-electron chi connectivity index (χ3n) is 2.60. The van der Waals surface area contributed by atoms with Crippen LogP contribution in [0.25, 0.3) is 0 Å². The van der Waals surface area contributed by atoms with E-state index in [0.29, 0.717) is 10.0 Å². The van der Waals surface area contributed by atoms with Crippen molar-refractivity contribution in [1.82, 2.24) is 0 Å². The van der Waals surface area contributed by atoms with Gasteiger partial charge in [-0.05, 0) is 35.4 Å². The topological polar surface area (TPSA) is 26.0 Å². The van der Waals surface area contributed by atoms with Gasteiger partial charge < -0.3 is 5.73 Å². The molecule has 18 heavy (non-hydrogen) atoms. The average Bonchev–Trinajstić information content (AvgIpc) is 2.32. The lowest BCUT2D eigenvalue weighted by molar-refractivity contribution is 0.865. The fourth-order valence-corrected chi connectivity index (χ4v) is 3.24. The lowest BCUT2D eigenvalue weighted by Gasteiger charge is -2.15. The second-order valence-corrected chi connectivity index (χ2v) is 6.40. The summed E-state index contributed by atoms with van der Waals surface area (Å²) >= 11 is 18.8. The van der Waals surface area contributed by atoms with E-state index in [0.717, 1.165) is 20.1 Å². The molecular formula is C13H9Br2Cl2N. The molecule has 0 radical (unpaired) electrons. The zero-order valence-corrected chi connectivity index (χ0v) is 13.8. The molecule has 0 fully saturated rings. The van der Waals surface area contributed by atoms with Crippen LogP contribution in [-0.2, 0) is 0 Å². The van der Waals surface area contributed by atoms with E-state index in [1.54, 1.807) is 12.1 Å². The van der Waals surface area contributed by atoms with E-state index in [-0.39, 0.29) is 6.04 Å². The quantitative estimate of drug-likeness (QED) is 0.689.